The van der Waals surface area contributed by atoms with Crippen LogP contribution < -0.4 is 14.4 Å². The van der Waals surface area contributed by atoms with E-state index in [2.05, 4.69) is 5.32 Å². The minimum Gasteiger partial charge on any atom is -0.497 e. The van der Waals surface area contributed by atoms with Gasteiger partial charge in [-0.1, -0.05) is 31.2 Å². The lowest BCUT2D eigenvalue weighted by Crippen LogP contribution is -2.53. The summed E-state index contributed by atoms with van der Waals surface area (Å²) >= 11 is 0. The van der Waals surface area contributed by atoms with Gasteiger partial charge >= 0.3 is 0 Å². The molecule has 0 unspecified atom stereocenters. The van der Waals surface area contributed by atoms with Crippen molar-refractivity contribution in [3.63, 3.8) is 0 Å². The maximum atomic E-state index is 13.7. The van der Waals surface area contributed by atoms with E-state index in [1.807, 2.05) is 13.8 Å². The Morgan fingerprint density at radius 2 is 1.72 bits per heavy atom. The number of nitrogens with zero attached hydrogens (tertiary/aromatic N) is 2. The minimum atomic E-state index is -3.89. The predicted octanol–water partition coefficient (Wildman–Crippen LogP) is 3.00. The zero-order valence-electron chi connectivity index (χ0n) is 21.6. The molecule has 0 saturated carbocycles. The third-order valence-electron chi connectivity index (χ3n) is 5.52. The van der Waals surface area contributed by atoms with E-state index in [1.165, 1.54) is 31.1 Å². The molecule has 0 saturated heterocycles. The number of amides is 2. The molecule has 2 amide bonds. The van der Waals surface area contributed by atoms with Crippen LogP contribution in [0, 0.1) is 0 Å². The summed E-state index contributed by atoms with van der Waals surface area (Å²) in [6.45, 7) is 6.37. The zero-order chi connectivity index (χ0) is 27.0. The summed E-state index contributed by atoms with van der Waals surface area (Å²) < 4.78 is 31.6. The van der Waals surface area contributed by atoms with Crippen LogP contribution in [-0.4, -0.2) is 62.9 Å². The Bertz CT molecular complexity index is 1200. The van der Waals surface area contributed by atoms with Crippen molar-refractivity contribution in [3.8, 4) is 5.75 Å². The van der Waals surface area contributed by atoms with E-state index in [-0.39, 0.29) is 30.0 Å². The average molecular weight is 518 g/mol. The maximum absolute atomic E-state index is 13.7. The minimum absolute atomic E-state index is 0.0745. The molecule has 36 heavy (non-hydrogen) atoms. The highest BCUT2D eigenvalue weighted by atomic mass is 32.2. The predicted molar refractivity (Wildman–Crippen MR) is 140 cm³/mol. The smallest absolute Gasteiger partial charge is 0.244 e. The second kappa shape index (κ2) is 12.5. The molecule has 9 nitrogen and oxygen atoms in total. The molecule has 1 N–H and O–H groups in total. The van der Waals surface area contributed by atoms with Gasteiger partial charge in [0.05, 0.1) is 19.1 Å². The lowest BCUT2D eigenvalue weighted by molar-refractivity contribution is -0.140. The summed E-state index contributed by atoms with van der Waals surface area (Å²) in [6, 6.07) is 12.3. The normalized spacial score (nSPS) is 12.1. The van der Waals surface area contributed by atoms with Gasteiger partial charge in [0, 0.05) is 18.2 Å². The first-order valence-electron chi connectivity index (χ1n) is 11.7. The van der Waals surface area contributed by atoms with Crippen molar-refractivity contribution in [1.82, 2.24) is 10.2 Å². The molecular formula is C26H35N3O6S. The third kappa shape index (κ3) is 7.81. The summed E-state index contributed by atoms with van der Waals surface area (Å²) in [7, 11) is -2.36. The first kappa shape index (κ1) is 28.8. The van der Waals surface area contributed by atoms with Gasteiger partial charge in [0.15, 0.2) is 5.78 Å². The van der Waals surface area contributed by atoms with Gasteiger partial charge in [-0.25, -0.2) is 8.42 Å². The van der Waals surface area contributed by atoms with Crippen LogP contribution in [0.25, 0.3) is 0 Å². The highest BCUT2D eigenvalue weighted by Gasteiger charge is 2.32. The molecule has 0 heterocycles. The van der Waals surface area contributed by atoms with Gasteiger partial charge in [0.25, 0.3) is 0 Å². The van der Waals surface area contributed by atoms with Gasteiger partial charge in [-0.3, -0.25) is 18.7 Å². The van der Waals surface area contributed by atoms with Gasteiger partial charge in [0.1, 0.15) is 18.3 Å². The van der Waals surface area contributed by atoms with Gasteiger partial charge < -0.3 is 15.0 Å². The van der Waals surface area contributed by atoms with Crippen LogP contribution in [0.3, 0.4) is 0 Å². The van der Waals surface area contributed by atoms with E-state index < -0.39 is 28.5 Å². The second-order valence-electron chi connectivity index (χ2n) is 8.84. The van der Waals surface area contributed by atoms with Crippen LogP contribution in [-0.2, 0) is 26.2 Å². The molecule has 1 atom stereocenters. The van der Waals surface area contributed by atoms with Gasteiger partial charge in [0.2, 0.25) is 21.8 Å². The Balaban J connectivity index is 2.49. The van der Waals surface area contributed by atoms with Crippen molar-refractivity contribution in [1.29, 1.82) is 0 Å². The fourth-order valence-corrected chi connectivity index (χ4v) is 4.60. The molecule has 0 radical (unpaired) electrons. The van der Waals surface area contributed by atoms with Crippen molar-refractivity contribution in [2.45, 2.75) is 52.7 Å². The fourth-order valence-electron chi connectivity index (χ4n) is 3.76. The topological polar surface area (TPSA) is 113 Å². The van der Waals surface area contributed by atoms with Crippen LogP contribution in [0.4, 0.5) is 5.69 Å². The number of ether oxygens (including phenoxy) is 1. The van der Waals surface area contributed by atoms with E-state index in [0.29, 0.717) is 17.7 Å². The van der Waals surface area contributed by atoms with E-state index >= 15 is 0 Å². The molecule has 0 fully saturated rings. The van der Waals surface area contributed by atoms with Crippen LogP contribution in [0.5, 0.6) is 5.75 Å². The van der Waals surface area contributed by atoms with Crippen molar-refractivity contribution >= 4 is 33.3 Å². The van der Waals surface area contributed by atoms with Crippen LogP contribution >= 0.6 is 0 Å². The molecule has 2 aromatic carbocycles. The van der Waals surface area contributed by atoms with Crippen LogP contribution in [0.15, 0.2) is 48.5 Å². The Kier molecular flexibility index (Phi) is 10.0. The molecule has 196 valence electrons. The fraction of sp³-hybridized carbons (Fsp3) is 0.423. The molecule has 10 heteroatoms. The second-order valence-corrected chi connectivity index (χ2v) is 10.7. The summed E-state index contributed by atoms with van der Waals surface area (Å²) in [5, 5.41) is 2.85. The molecule has 0 spiro atoms. The average Bonchev–Trinajstić information content (AvgIpc) is 2.81. The summed E-state index contributed by atoms with van der Waals surface area (Å²) in [5.41, 5.74) is 1.24. The van der Waals surface area contributed by atoms with Crippen LogP contribution in [0.2, 0.25) is 0 Å². The molecule has 0 aliphatic rings. The number of Topliss-reactive ketones (excluding diaryl/α,β-unsaturated/α-hetero) is 1. The molecule has 0 bridgehead atoms. The molecule has 2 aromatic rings. The van der Waals surface area contributed by atoms with Gasteiger partial charge in [-0.2, -0.15) is 0 Å². The number of ketones is 1. The summed E-state index contributed by atoms with van der Waals surface area (Å²) in [6.07, 6.45) is 1.32. The van der Waals surface area contributed by atoms with Gasteiger partial charge in [-0.15, -0.1) is 0 Å². The van der Waals surface area contributed by atoms with E-state index in [4.69, 9.17) is 4.74 Å². The van der Waals surface area contributed by atoms with Crippen molar-refractivity contribution < 1.29 is 27.5 Å². The van der Waals surface area contributed by atoms with Gasteiger partial charge in [-0.05, 0) is 57.0 Å². The number of nitrogens with one attached hydrogen (secondary N) is 1. The lowest BCUT2D eigenvalue weighted by Gasteiger charge is -2.33. The number of carbonyl (C=O) groups excluding carboxylic acids is 3. The van der Waals surface area contributed by atoms with Crippen LogP contribution in [0.1, 0.15) is 50.0 Å². The number of methoxy groups -OCH3 is 1. The standard InChI is InChI=1S/C26H35N3O6S/c1-7-24(26(32)27-18(2)3)28(16-20-10-8-13-23(14-20)35-5)25(31)17-29(36(6,33)34)22-12-9-11-21(15-22)19(4)30/h8-15,18,24H,7,16-17H2,1-6H3,(H,27,32)/t24-/m0/s1. The highest BCUT2D eigenvalue weighted by Crippen LogP contribution is 2.22. The molecule has 2 rings (SSSR count). The quantitative estimate of drug-likeness (QED) is 0.433. The number of hydrogen-bond acceptors (Lipinski definition) is 6. The van der Waals surface area contributed by atoms with Crippen molar-refractivity contribution in [2.75, 3.05) is 24.2 Å². The largest absolute Gasteiger partial charge is 0.497 e. The number of benzene rings is 2. The number of sulfonamides is 1. The zero-order valence-corrected chi connectivity index (χ0v) is 22.5. The number of rotatable bonds is 12. The monoisotopic (exact) mass is 517 g/mol. The first-order valence-corrected chi connectivity index (χ1v) is 13.5. The molecule has 0 aliphatic heterocycles. The van der Waals surface area contributed by atoms with E-state index in [0.717, 1.165) is 16.1 Å². The SMILES string of the molecule is CC[C@@H](C(=O)NC(C)C)N(Cc1cccc(OC)c1)C(=O)CN(c1cccc(C(C)=O)c1)S(C)(=O)=O. The van der Waals surface area contributed by atoms with Crippen molar-refractivity contribution in [2.24, 2.45) is 0 Å². The summed E-state index contributed by atoms with van der Waals surface area (Å²) in [5.74, 6) is -0.512. The van der Waals surface area contributed by atoms with Crippen molar-refractivity contribution in [3.05, 3.63) is 59.7 Å². The summed E-state index contributed by atoms with van der Waals surface area (Å²) in [4.78, 5) is 39.9. The molecule has 0 aliphatic carbocycles. The highest BCUT2D eigenvalue weighted by molar-refractivity contribution is 7.92. The Morgan fingerprint density at radius 1 is 1.06 bits per heavy atom. The maximum Gasteiger partial charge on any atom is 0.244 e. The number of anilines is 1. The molecular weight excluding hydrogens is 482 g/mol. The number of hydrogen-bond donors (Lipinski definition) is 1. The Morgan fingerprint density at radius 3 is 2.28 bits per heavy atom. The lowest BCUT2D eigenvalue weighted by atomic mass is 10.1. The number of carbonyl (C=O) groups is 3. The van der Waals surface area contributed by atoms with E-state index in [1.54, 1.807) is 43.3 Å². The molecule has 0 aromatic heterocycles. The Hall–Kier alpha value is -3.40. The first-order chi connectivity index (χ1) is 16.9. The van der Waals surface area contributed by atoms with E-state index in [9.17, 15) is 22.8 Å². The third-order valence-corrected chi connectivity index (χ3v) is 6.66. The Labute approximate surface area is 213 Å².